The van der Waals surface area contributed by atoms with Crippen LogP contribution in [0.1, 0.15) is 34.1 Å². The lowest BCUT2D eigenvalue weighted by Gasteiger charge is -2.22. The van der Waals surface area contributed by atoms with Gasteiger partial charge in [0, 0.05) is 0 Å². The minimum atomic E-state index is -0.597. The second-order valence-electron chi connectivity index (χ2n) is 3.18. The Kier molecular flexibility index (Phi) is 4.71. The Morgan fingerprint density at radius 2 is 2.08 bits per heavy atom. The lowest BCUT2D eigenvalue weighted by molar-refractivity contribution is -0.0150. The number of carbonyl (C=O) groups excluding carboxylic acids is 1. The minimum absolute atomic E-state index is 0.304. The summed E-state index contributed by atoms with van der Waals surface area (Å²) in [6.07, 6.45) is 1.93. The van der Waals surface area contributed by atoms with Crippen molar-refractivity contribution in [2.45, 2.75) is 39.7 Å². The summed E-state index contributed by atoms with van der Waals surface area (Å²) in [4.78, 5) is 10.9. The van der Waals surface area contributed by atoms with Crippen molar-refractivity contribution in [2.75, 3.05) is 6.61 Å². The van der Waals surface area contributed by atoms with Gasteiger partial charge < -0.3 is 9.47 Å². The van der Waals surface area contributed by atoms with E-state index in [1.54, 1.807) is 6.42 Å². The van der Waals surface area contributed by atoms with Crippen LogP contribution in [0.2, 0.25) is 0 Å². The van der Waals surface area contributed by atoms with Crippen LogP contribution in [0.5, 0.6) is 0 Å². The van der Waals surface area contributed by atoms with E-state index in [1.807, 2.05) is 27.7 Å². The molecule has 3 heteroatoms. The lowest BCUT2D eigenvalue weighted by atomic mass is 10.1. The van der Waals surface area contributed by atoms with Crippen LogP contribution < -0.4 is 0 Å². The van der Waals surface area contributed by atoms with Gasteiger partial charge in [-0.15, -0.1) is 0 Å². The predicted molar refractivity (Wildman–Crippen MR) is 46.8 cm³/mol. The Bertz CT molecular complexity index is 141. The predicted octanol–water partition coefficient (Wildman–Crippen LogP) is 2.55. The van der Waals surface area contributed by atoms with Crippen molar-refractivity contribution in [1.82, 2.24) is 0 Å². The van der Waals surface area contributed by atoms with Crippen LogP contribution in [0.15, 0.2) is 0 Å². The van der Waals surface area contributed by atoms with E-state index in [2.05, 4.69) is 0 Å². The quantitative estimate of drug-likeness (QED) is 0.613. The first-order valence-corrected chi connectivity index (χ1v) is 4.15. The first-order chi connectivity index (χ1) is 5.52. The average molecular weight is 173 g/mol. The fourth-order valence-corrected chi connectivity index (χ4v) is 0.479. The molecule has 0 aromatic heterocycles. The lowest BCUT2D eigenvalue weighted by Crippen LogP contribution is -2.27. The van der Waals surface area contributed by atoms with Crippen molar-refractivity contribution in [2.24, 2.45) is 0 Å². The monoisotopic (exact) mass is 173 g/mol. The van der Waals surface area contributed by atoms with E-state index in [0.717, 1.165) is 6.42 Å². The molecule has 0 aromatic rings. The highest BCUT2D eigenvalue weighted by Gasteiger charge is 2.20. The highest BCUT2D eigenvalue weighted by molar-refractivity contribution is 5.60. The van der Waals surface area contributed by atoms with Crippen molar-refractivity contribution in [1.29, 1.82) is 0 Å². The van der Waals surface area contributed by atoms with Crippen LogP contribution >= 0.6 is 0 Å². The Balaban J connectivity index is 3.68. The number of hydrogen-bond donors (Lipinski definition) is 0. The molecule has 0 atom stereocenters. The van der Waals surface area contributed by atoms with Crippen molar-refractivity contribution in [3.05, 3.63) is 6.42 Å². The van der Waals surface area contributed by atoms with Crippen molar-refractivity contribution in [3.8, 4) is 0 Å². The summed E-state index contributed by atoms with van der Waals surface area (Å²) in [5, 5.41) is 0. The average Bonchev–Trinajstić information content (AvgIpc) is 2.00. The topological polar surface area (TPSA) is 35.5 Å². The van der Waals surface area contributed by atoms with Crippen LogP contribution in [-0.2, 0) is 9.47 Å². The zero-order chi connectivity index (χ0) is 9.61. The van der Waals surface area contributed by atoms with Crippen LogP contribution in [0.4, 0.5) is 4.79 Å². The van der Waals surface area contributed by atoms with Crippen LogP contribution in [0.25, 0.3) is 0 Å². The SMILES string of the molecule is C[CH]COC(=O)OC(C)(C)CC. The molecular weight excluding hydrogens is 156 g/mol. The van der Waals surface area contributed by atoms with Crippen LogP contribution in [0.3, 0.4) is 0 Å². The molecule has 0 aromatic carbocycles. The summed E-state index contributed by atoms with van der Waals surface area (Å²) in [5.74, 6) is 0. The van der Waals surface area contributed by atoms with Crippen molar-refractivity contribution in [3.63, 3.8) is 0 Å². The van der Waals surface area contributed by atoms with Gasteiger partial charge in [-0.05, 0) is 26.7 Å². The van der Waals surface area contributed by atoms with Gasteiger partial charge in [-0.1, -0.05) is 13.8 Å². The summed E-state index contributed by atoms with van der Waals surface area (Å²) in [6.45, 7) is 7.78. The molecule has 0 unspecified atom stereocenters. The fraction of sp³-hybridized carbons (Fsp3) is 0.778. The fourth-order valence-electron chi connectivity index (χ4n) is 0.479. The summed E-state index contributed by atoms with van der Waals surface area (Å²) >= 11 is 0. The molecule has 71 valence electrons. The highest BCUT2D eigenvalue weighted by Crippen LogP contribution is 2.14. The normalized spacial score (nSPS) is 11.0. The Morgan fingerprint density at radius 3 is 2.50 bits per heavy atom. The van der Waals surface area contributed by atoms with E-state index in [4.69, 9.17) is 9.47 Å². The number of carbonyl (C=O) groups is 1. The highest BCUT2D eigenvalue weighted by atomic mass is 16.7. The third kappa shape index (κ3) is 4.99. The van der Waals surface area contributed by atoms with Crippen molar-refractivity contribution >= 4 is 6.16 Å². The Labute approximate surface area is 74.0 Å². The second-order valence-corrected chi connectivity index (χ2v) is 3.18. The molecular formula is C9H17O3. The molecule has 0 saturated heterocycles. The van der Waals surface area contributed by atoms with Crippen LogP contribution in [0, 0.1) is 6.42 Å². The van der Waals surface area contributed by atoms with Gasteiger partial charge in [0.15, 0.2) is 0 Å². The summed E-state index contributed by atoms with van der Waals surface area (Å²) in [5.41, 5.74) is -0.426. The molecule has 0 N–H and O–H groups in total. The third-order valence-electron chi connectivity index (χ3n) is 1.58. The number of ether oxygens (including phenoxy) is 2. The van der Waals surface area contributed by atoms with Gasteiger partial charge in [0.2, 0.25) is 0 Å². The van der Waals surface area contributed by atoms with E-state index in [9.17, 15) is 4.79 Å². The zero-order valence-electron chi connectivity index (χ0n) is 8.22. The third-order valence-corrected chi connectivity index (χ3v) is 1.58. The van der Waals surface area contributed by atoms with Gasteiger partial charge in [-0.3, -0.25) is 0 Å². The van der Waals surface area contributed by atoms with Crippen LogP contribution in [-0.4, -0.2) is 18.4 Å². The van der Waals surface area contributed by atoms with Gasteiger partial charge in [0.05, 0.1) is 6.61 Å². The minimum Gasteiger partial charge on any atom is -0.434 e. The maximum Gasteiger partial charge on any atom is 0.508 e. The molecule has 3 nitrogen and oxygen atoms in total. The smallest absolute Gasteiger partial charge is 0.434 e. The van der Waals surface area contributed by atoms with E-state index < -0.39 is 11.8 Å². The maximum absolute atomic E-state index is 10.9. The van der Waals surface area contributed by atoms with E-state index in [0.29, 0.717) is 6.61 Å². The van der Waals surface area contributed by atoms with Gasteiger partial charge in [0.1, 0.15) is 5.60 Å². The largest absolute Gasteiger partial charge is 0.508 e. The molecule has 0 bridgehead atoms. The van der Waals surface area contributed by atoms with Gasteiger partial charge in [-0.25, -0.2) is 4.79 Å². The molecule has 0 spiro atoms. The van der Waals surface area contributed by atoms with E-state index in [-0.39, 0.29) is 0 Å². The van der Waals surface area contributed by atoms with Crippen molar-refractivity contribution < 1.29 is 14.3 Å². The molecule has 0 aliphatic heterocycles. The molecule has 12 heavy (non-hydrogen) atoms. The summed E-state index contributed by atoms with van der Waals surface area (Å²) < 4.78 is 9.72. The summed E-state index contributed by atoms with van der Waals surface area (Å²) in [7, 11) is 0. The molecule has 0 aliphatic carbocycles. The van der Waals surface area contributed by atoms with Gasteiger partial charge >= 0.3 is 6.16 Å². The van der Waals surface area contributed by atoms with Gasteiger partial charge in [0.25, 0.3) is 0 Å². The number of hydrogen-bond acceptors (Lipinski definition) is 3. The molecule has 0 rings (SSSR count). The standard InChI is InChI=1S/C9H17O3/c1-5-7-11-8(10)12-9(3,4)6-2/h5H,6-7H2,1-4H3. The number of rotatable bonds is 4. The zero-order valence-corrected chi connectivity index (χ0v) is 8.22. The van der Waals surface area contributed by atoms with Gasteiger partial charge in [-0.2, -0.15) is 0 Å². The van der Waals surface area contributed by atoms with E-state index in [1.165, 1.54) is 0 Å². The molecule has 0 saturated carbocycles. The first-order valence-electron chi connectivity index (χ1n) is 4.15. The summed E-state index contributed by atoms with van der Waals surface area (Å²) in [6, 6.07) is 0. The first kappa shape index (κ1) is 11.3. The van der Waals surface area contributed by atoms with E-state index >= 15 is 0 Å². The molecule has 1 radical (unpaired) electrons. The Hall–Kier alpha value is -0.730. The molecule has 0 aliphatic rings. The Morgan fingerprint density at radius 1 is 1.50 bits per heavy atom. The molecule has 0 heterocycles. The maximum atomic E-state index is 10.9. The molecule has 0 amide bonds. The molecule has 0 fully saturated rings. The second kappa shape index (κ2) is 5.01.